The maximum atomic E-state index is 12.6. The van der Waals surface area contributed by atoms with Gasteiger partial charge in [-0.1, -0.05) is 18.2 Å². The maximum absolute atomic E-state index is 12.6. The molecule has 0 saturated carbocycles. The van der Waals surface area contributed by atoms with E-state index < -0.39 is 5.60 Å². The molecule has 1 aromatic heterocycles. The molecule has 2 amide bonds. The number of ether oxygens (including phenoxy) is 1. The smallest absolute Gasteiger partial charge is 0.410 e. The molecule has 156 valence electrons. The first-order chi connectivity index (χ1) is 14.3. The SMILES string of the molecule is CC(C)(C)OC(=O)N1CCC(NC(=O)c2ccc(-n3cc4ccccc4n3)cc2)C1. The quantitative estimate of drug-likeness (QED) is 0.718. The summed E-state index contributed by atoms with van der Waals surface area (Å²) in [5, 5.41) is 8.64. The van der Waals surface area contributed by atoms with Crippen molar-refractivity contribution in [3.05, 3.63) is 60.3 Å². The summed E-state index contributed by atoms with van der Waals surface area (Å²) in [6.45, 7) is 6.56. The van der Waals surface area contributed by atoms with Gasteiger partial charge >= 0.3 is 6.09 Å². The van der Waals surface area contributed by atoms with Gasteiger partial charge < -0.3 is 15.0 Å². The first kappa shape index (κ1) is 19.9. The van der Waals surface area contributed by atoms with Gasteiger partial charge in [0, 0.05) is 36.3 Å². The molecular weight excluding hydrogens is 380 g/mol. The summed E-state index contributed by atoms with van der Waals surface area (Å²) in [5.74, 6) is -0.150. The Labute approximate surface area is 175 Å². The van der Waals surface area contributed by atoms with Crippen molar-refractivity contribution in [3.63, 3.8) is 0 Å². The van der Waals surface area contributed by atoms with Crippen molar-refractivity contribution in [3.8, 4) is 5.69 Å². The molecule has 1 atom stereocenters. The summed E-state index contributed by atoms with van der Waals surface area (Å²) >= 11 is 0. The van der Waals surface area contributed by atoms with Gasteiger partial charge in [0.1, 0.15) is 5.60 Å². The number of nitrogens with one attached hydrogen (secondary N) is 1. The van der Waals surface area contributed by atoms with Crippen LogP contribution in [0.3, 0.4) is 0 Å². The first-order valence-electron chi connectivity index (χ1n) is 10.1. The normalized spacial score (nSPS) is 16.6. The van der Waals surface area contributed by atoms with Gasteiger partial charge in [-0.3, -0.25) is 4.79 Å². The van der Waals surface area contributed by atoms with Crippen LogP contribution in [0.15, 0.2) is 54.7 Å². The van der Waals surface area contributed by atoms with Crippen molar-refractivity contribution in [2.45, 2.75) is 38.8 Å². The summed E-state index contributed by atoms with van der Waals surface area (Å²) < 4.78 is 7.21. The Hall–Kier alpha value is -3.35. The van der Waals surface area contributed by atoms with Crippen LogP contribution in [0.1, 0.15) is 37.6 Å². The number of rotatable bonds is 3. The molecule has 0 spiro atoms. The Morgan fingerprint density at radius 1 is 1.10 bits per heavy atom. The molecular formula is C23H26N4O3. The molecule has 0 bridgehead atoms. The molecule has 1 fully saturated rings. The highest BCUT2D eigenvalue weighted by atomic mass is 16.6. The van der Waals surface area contributed by atoms with Crippen LogP contribution in [0.5, 0.6) is 0 Å². The molecule has 2 heterocycles. The van der Waals surface area contributed by atoms with Crippen LogP contribution >= 0.6 is 0 Å². The van der Waals surface area contributed by atoms with Crippen LogP contribution in [-0.2, 0) is 4.74 Å². The minimum atomic E-state index is -0.527. The zero-order valence-electron chi connectivity index (χ0n) is 17.5. The molecule has 2 aromatic carbocycles. The molecule has 1 unspecified atom stereocenters. The second-order valence-corrected chi connectivity index (χ2v) is 8.56. The minimum Gasteiger partial charge on any atom is -0.444 e. The molecule has 4 rings (SSSR count). The third-order valence-electron chi connectivity index (χ3n) is 4.98. The van der Waals surface area contributed by atoms with E-state index in [0.29, 0.717) is 25.1 Å². The number of hydrogen-bond acceptors (Lipinski definition) is 4. The predicted octanol–water partition coefficient (Wildman–Crippen LogP) is 3.76. The summed E-state index contributed by atoms with van der Waals surface area (Å²) in [6.07, 6.45) is 2.34. The van der Waals surface area contributed by atoms with Gasteiger partial charge in [0.05, 0.1) is 11.2 Å². The van der Waals surface area contributed by atoms with Crippen LogP contribution in [0, 0.1) is 0 Å². The van der Waals surface area contributed by atoms with Crippen molar-refractivity contribution in [2.24, 2.45) is 0 Å². The fourth-order valence-corrected chi connectivity index (χ4v) is 3.50. The number of hydrogen-bond donors (Lipinski definition) is 1. The first-order valence-corrected chi connectivity index (χ1v) is 10.1. The summed E-state index contributed by atoms with van der Waals surface area (Å²) in [4.78, 5) is 26.4. The number of carbonyl (C=O) groups is 2. The predicted molar refractivity (Wildman–Crippen MR) is 115 cm³/mol. The lowest BCUT2D eigenvalue weighted by molar-refractivity contribution is 0.0290. The Morgan fingerprint density at radius 2 is 1.83 bits per heavy atom. The fraction of sp³-hybridized carbons (Fsp3) is 0.348. The van der Waals surface area contributed by atoms with Crippen molar-refractivity contribution in [1.29, 1.82) is 0 Å². The molecule has 1 saturated heterocycles. The van der Waals surface area contributed by atoms with E-state index in [1.54, 1.807) is 17.0 Å². The molecule has 7 nitrogen and oxygen atoms in total. The zero-order valence-corrected chi connectivity index (χ0v) is 17.5. The van der Waals surface area contributed by atoms with Gasteiger partial charge in [-0.2, -0.15) is 5.10 Å². The lowest BCUT2D eigenvalue weighted by atomic mass is 10.1. The third-order valence-corrected chi connectivity index (χ3v) is 4.98. The van der Waals surface area contributed by atoms with E-state index in [1.165, 1.54) is 0 Å². The molecule has 1 N–H and O–H groups in total. The van der Waals surface area contributed by atoms with E-state index in [0.717, 1.165) is 16.6 Å². The third kappa shape index (κ3) is 4.45. The zero-order chi connectivity index (χ0) is 21.3. The van der Waals surface area contributed by atoms with Gasteiger partial charge in [-0.15, -0.1) is 0 Å². The Bertz CT molecular complexity index is 1030. The Morgan fingerprint density at radius 3 is 2.53 bits per heavy atom. The van der Waals surface area contributed by atoms with E-state index >= 15 is 0 Å². The number of aromatic nitrogens is 2. The molecule has 3 aromatic rings. The molecule has 30 heavy (non-hydrogen) atoms. The molecule has 0 aliphatic carbocycles. The topological polar surface area (TPSA) is 76.5 Å². The maximum Gasteiger partial charge on any atom is 0.410 e. The average molecular weight is 406 g/mol. The van der Waals surface area contributed by atoms with E-state index in [2.05, 4.69) is 10.4 Å². The highest BCUT2D eigenvalue weighted by Gasteiger charge is 2.30. The van der Waals surface area contributed by atoms with Gasteiger partial charge in [0.2, 0.25) is 0 Å². The molecule has 1 aliphatic heterocycles. The van der Waals surface area contributed by atoms with E-state index in [9.17, 15) is 9.59 Å². The lowest BCUT2D eigenvalue weighted by Crippen LogP contribution is -2.40. The van der Waals surface area contributed by atoms with Crippen LogP contribution in [0.25, 0.3) is 16.6 Å². The van der Waals surface area contributed by atoms with Crippen LogP contribution in [-0.4, -0.2) is 51.4 Å². The van der Waals surface area contributed by atoms with E-state index in [-0.39, 0.29) is 18.0 Å². The van der Waals surface area contributed by atoms with Crippen LogP contribution in [0.2, 0.25) is 0 Å². The second kappa shape index (κ2) is 7.82. The van der Waals surface area contributed by atoms with Gasteiger partial charge in [0.25, 0.3) is 5.91 Å². The van der Waals surface area contributed by atoms with Crippen LogP contribution in [0.4, 0.5) is 4.79 Å². The number of carbonyl (C=O) groups excluding carboxylic acids is 2. The average Bonchev–Trinajstić information content (AvgIpc) is 3.33. The van der Waals surface area contributed by atoms with Crippen molar-refractivity contribution >= 4 is 22.9 Å². The number of nitrogens with zero attached hydrogens (tertiary/aromatic N) is 3. The monoisotopic (exact) mass is 406 g/mol. The van der Waals surface area contributed by atoms with Gasteiger partial charge in [0.15, 0.2) is 0 Å². The minimum absolute atomic E-state index is 0.0823. The second-order valence-electron chi connectivity index (χ2n) is 8.56. The lowest BCUT2D eigenvalue weighted by Gasteiger charge is -2.24. The summed E-state index contributed by atoms with van der Waals surface area (Å²) in [7, 11) is 0. The number of benzene rings is 2. The van der Waals surface area contributed by atoms with Crippen LogP contribution < -0.4 is 5.32 Å². The molecule has 0 radical (unpaired) electrons. The molecule has 1 aliphatic rings. The highest BCUT2D eigenvalue weighted by Crippen LogP contribution is 2.18. The standard InChI is InChI=1S/C23H26N4O3/c1-23(2,3)30-22(29)26-13-12-18(15-26)24-21(28)16-8-10-19(11-9-16)27-14-17-6-4-5-7-20(17)25-27/h4-11,14,18H,12-13,15H2,1-3H3,(H,24,28). The van der Waals surface area contributed by atoms with Crippen molar-refractivity contribution < 1.29 is 14.3 Å². The number of amides is 2. The largest absolute Gasteiger partial charge is 0.444 e. The Balaban J connectivity index is 1.37. The number of likely N-dealkylation sites (tertiary alicyclic amines) is 1. The summed E-state index contributed by atoms with van der Waals surface area (Å²) in [5.41, 5.74) is 1.86. The summed E-state index contributed by atoms with van der Waals surface area (Å²) in [6, 6.07) is 15.2. The molecule has 7 heteroatoms. The van der Waals surface area contributed by atoms with E-state index in [1.807, 2.05) is 68.0 Å². The van der Waals surface area contributed by atoms with Crippen molar-refractivity contribution in [2.75, 3.05) is 13.1 Å². The van der Waals surface area contributed by atoms with Gasteiger partial charge in [-0.25, -0.2) is 9.48 Å². The van der Waals surface area contributed by atoms with Crippen molar-refractivity contribution in [1.82, 2.24) is 20.0 Å². The highest BCUT2D eigenvalue weighted by molar-refractivity contribution is 5.94. The number of fused-ring (bicyclic) bond motifs is 1. The fourth-order valence-electron chi connectivity index (χ4n) is 3.50. The Kier molecular flexibility index (Phi) is 5.20. The van der Waals surface area contributed by atoms with E-state index in [4.69, 9.17) is 4.74 Å². The van der Waals surface area contributed by atoms with Gasteiger partial charge in [-0.05, 0) is 57.5 Å².